The van der Waals surface area contributed by atoms with Gasteiger partial charge < -0.3 is 15.4 Å². The molecule has 2 rings (SSSR count). The fourth-order valence-electron chi connectivity index (χ4n) is 2.49. The van der Waals surface area contributed by atoms with Crippen molar-refractivity contribution >= 4 is 11.6 Å². The molecular weight excluding hydrogens is 266 g/mol. The monoisotopic (exact) mass is 291 g/mol. The summed E-state index contributed by atoms with van der Waals surface area (Å²) in [6.07, 6.45) is 4.69. The Morgan fingerprint density at radius 2 is 2.33 bits per heavy atom. The van der Waals surface area contributed by atoms with Crippen molar-refractivity contribution in [2.24, 2.45) is 0 Å². The van der Waals surface area contributed by atoms with Crippen molar-refractivity contribution in [3.05, 3.63) is 23.5 Å². The predicted octanol–water partition coefficient (Wildman–Crippen LogP) is 2.51. The smallest absolute Gasteiger partial charge is 0.255 e. The topological polar surface area (TPSA) is 63.2 Å². The zero-order valence-corrected chi connectivity index (χ0v) is 13.2. The number of rotatable bonds is 6. The molecule has 1 fully saturated rings. The second kappa shape index (κ2) is 6.89. The Labute approximate surface area is 126 Å². The number of hydrogen-bond acceptors (Lipinski definition) is 4. The fraction of sp³-hybridized carbons (Fsp3) is 0.625. The number of aromatic nitrogens is 1. The van der Waals surface area contributed by atoms with Crippen LogP contribution >= 0.6 is 0 Å². The average molecular weight is 291 g/mol. The number of nitrogens with one attached hydrogen (secondary N) is 2. The first-order chi connectivity index (χ1) is 10.0. The molecule has 2 heterocycles. The van der Waals surface area contributed by atoms with Gasteiger partial charge in [-0.05, 0) is 39.2 Å². The summed E-state index contributed by atoms with van der Waals surface area (Å²) in [5, 5.41) is 6.26. The van der Waals surface area contributed by atoms with Gasteiger partial charge in [-0.3, -0.25) is 9.78 Å². The first-order valence-corrected chi connectivity index (χ1v) is 7.67. The zero-order chi connectivity index (χ0) is 15.3. The molecule has 0 aromatic carbocycles. The van der Waals surface area contributed by atoms with E-state index in [9.17, 15) is 4.79 Å². The third kappa shape index (κ3) is 4.17. The zero-order valence-electron chi connectivity index (χ0n) is 13.2. The van der Waals surface area contributed by atoms with E-state index in [4.69, 9.17) is 4.74 Å². The number of amides is 1. The Bertz CT molecular complexity index is 496. The molecule has 1 saturated heterocycles. The molecule has 0 aliphatic carbocycles. The molecule has 1 amide bonds. The number of anilines is 1. The van der Waals surface area contributed by atoms with Crippen molar-refractivity contribution in [3.63, 3.8) is 0 Å². The molecule has 1 aliphatic heterocycles. The van der Waals surface area contributed by atoms with E-state index in [-0.39, 0.29) is 11.5 Å². The first kappa shape index (κ1) is 15.8. The van der Waals surface area contributed by atoms with Crippen LogP contribution in [0.1, 0.15) is 49.2 Å². The van der Waals surface area contributed by atoms with Crippen LogP contribution in [0.2, 0.25) is 0 Å². The maximum Gasteiger partial charge on any atom is 0.255 e. The summed E-state index contributed by atoms with van der Waals surface area (Å²) >= 11 is 0. The maximum absolute atomic E-state index is 12.4. The van der Waals surface area contributed by atoms with Gasteiger partial charge in [-0.25, -0.2) is 0 Å². The molecule has 2 N–H and O–H groups in total. The minimum Gasteiger partial charge on any atom is -0.384 e. The highest BCUT2D eigenvalue weighted by atomic mass is 16.5. The number of ether oxygens (including phenoxy) is 1. The van der Waals surface area contributed by atoms with Crippen molar-refractivity contribution in [1.82, 2.24) is 10.3 Å². The normalized spacial score (nSPS) is 21.3. The van der Waals surface area contributed by atoms with E-state index in [1.165, 1.54) is 0 Å². The molecule has 0 bridgehead atoms. The third-order valence-corrected chi connectivity index (χ3v) is 3.77. The lowest BCUT2D eigenvalue weighted by molar-refractivity contribution is 0.0206. The van der Waals surface area contributed by atoms with Gasteiger partial charge in [0.2, 0.25) is 0 Å². The van der Waals surface area contributed by atoms with Crippen LogP contribution in [0.3, 0.4) is 0 Å². The van der Waals surface area contributed by atoms with E-state index < -0.39 is 0 Å². The molecular formula is C16H25N3O2. The van der Waals surface area contributed by atoms with Gasteiger partial charge in [0.1, 0.15) is 0 Å². The number of carbonyl (C=O) groups is 1. The summed E-state index contributed by atoms with van der Waals surface area (Å²) in [5.74, 6) is -0.0992. The lowest BCUT2D eigenvalue weighted by atomic mass is 10.0. The van der Waals surface area contributed by atoms with Crippen LogP contribution in [0.5, 0.6) is 0 Å². The van der Waals surface area contributed by atoms with Crippen LogP contribution in [0.25, 0.3) is 0 Å². The van der Waals surface area contributed by atoms with Crippen molar-refractivity contribution in [2.45, 2.75) is 45.6 Å². The van der Waals surface area contributed by atoms with Crippen molar-refractivity contribution < 1.29 is 9.53 Å². The number of pyridine rings is 1. The lowest BCUT2D eigenvalue weighted by Crippen LogP contribution is -2.40. The molecule has 116 valence electrons. The van der Waals surface area contributed by atoms with Gasteiger partial charge in [-0.2, -0.15) is 0 Å². The van der Waals surface area contributed by atoms with Gasteiger partial charge in [0, 0.05) is 31.6 Å². The number of carbonyl (C=O) groups excluding carboxylic acids is 1. The predicted molar refractivity (Wildman–Crippen MR) is 83.7 cm³/mol. The SMILES string of the molecule is CCCNc1cc(C)ncc1C(=O)NCC1(C)CCCO1. The quantitative estimate of drug-likeness (QED) is 0.845. The van der Waals surface area contributed by atoms with Gasteiger partial charge in [0.05, 0.1) is 16.9 Å². The van der Waals surface area contributed by atoms with Gasteiger partial charge in [0.15, 0.2) is 0 Å². The first-order valence-electron chi connectivity index (χ1n) is 7.67. The summed E-state index contributed by atoms with van der Waals surface area (Å²) in [6, 6.07) is 1.92. The van der Waals surface area contributed by atoms with Crippen LogP contribution in [-0.2, 0) is 4.74 Å². The highest BCUT2D eigenvalue weighted by Crippen LogP contribution is 2.24. The summed E-state index contributed by atoms with van der Waals surface area (Å²) in [5.41, 5.74) is 2.11. The van der Waals surface area contributed by atoms with Crippen LogP contribution in [0, 0.1) is 6.92 Å². The second-order valence-corrected chi connectivity index (χ2v) is 5.88. The van der Waals surface area contributed by atoms with Crippen LogP contribution < -0.4 is 10.6 Å². The maximum atomic E-state index is 12.4. The van der Waals surface area contributed by atoms with E-state index in [2.05, 4.69) is 22.5 Å². The van der Waals surface area contributed by atoms with E-state index in [1.807, 2.05) is 19.9 Å². The highest BCUT2D eigenvalue weighted by Gasteiger charge is 2.30. The van der Waals surface area contributed by atoms with E-state index in [0.717, 1.165) is 43.8 Å². The van der Waals surface area contributed by atoms with Crippen LogP contribution in [-0.4, -0.2) is 36.2 Å². The number of aryl methyl sites for hydroxylation is 1. The molecule has 1 atom stereocenters. The van der Waals surface area contributed by atoms with Crippen molar-refractivity contribution in [3.8, 4) is 0 Å². The van der Waals surface area contributed by atoms with E-state index >= 15 is 0 Å². The summed E-state index contributed by atoms with van der Waals surface area (Å²) in [7, 11) is 0. The Morgan fingerprint density at radius 1 is 1.52 bits per heavy atom. The standard InChI is InChI=1S/C16H25N3O2/c1-4-7-17-14-9-12(2)18-10-13(14)15(20)19-11-16(3)6-5-8-21-16/h9-10H,4-8,11H2,1-3H3,(H,17,18)(H,19,20). The number of hydrogen-bond donors (Lipinski definition) is 2. The van der Waals surface area contributed by atoms with Crippen LogP contribution in [0.15, 0.2) is 12.3 Å². The average Bonchev–Trinajstić information content (AvgIpc) is 2.90. The molecule has 1 aliphatic rings. The Kier molecular flexibility index (Phi) is 5.17. The Morgan fingerprint density at radius 3 is 3.00 bits per heavy atom. The molecule has 0 spiro atoms. The van der Waals surface area contributed by atoms with Gasteiger partial charge in [0.25, 0.3) is 5.91 Å². The minimum atomic E-state index is -0.231. The highest BCUT2D eigenvalue weighted by molar-refractivity contribution is 5.99. The van der Waals surface area contributed by atoms with Crippen LogP contribution in [0.4, 0.5) is 5.69 Å². The Balaban J connectivity index is 2.03. The summed E-state index contributed by atoms with van der Waals surface area (Å²) in [4.78, 5) is 16.6. The second-order valence-electron chi connectivity index (χ2n) is 5.88. The molecule has 5 nitrogen and oxygen atoms in total. The molecule has 21 heavy (non-hydrogen) atoms. The summed E-state index contributed by atoms with van der Waals surface area (Å²) in [6.45, 7) is 8.22. The molecule has 5 heteroatoms. The molecule has 1 aromatic heterocycles. The van der Waals surface area contributed by atoms with Gasteiger partial charge in [-0.15, -0.1) is 0 Å². The molecule has 0 saturated carbocycles. The van der Waals surface area contributed by atoms with Crippen molar-refractivity contribution in [1.29, 1.82) is 0 Å². The molecule has 1 unspecified atom stereocenters. The largest absolute Gasteiger partial charge is 0.384 e. The lowest BCUT2D eigenvalue weighted by Gasteiger charge is -2.23. The van der Waals surface area contributed by atoms with E-state index in [0.29, 0.717) is 12.1 Å². The summed E-state index contributed by atoms with van der Waals surface area (Å²) < 4.78 is 5.69. The van der Waals surface area contributed by atoms with Crippen molar-refractivity contribution in [2.75, 3.05) is 25.0 Å². The van der Waals surface area contributed by atoms with Gasteiger partial charge in [-0.1, -0.05) is 6.92 Å². The fourth-order valence-corrected chi connectivity index (χ4v) is 2.49. The van der Waals surface area contributed by atoms with Gasteiger partial charge >= 0.3 is 0 Å². The Hall–Kier alpha value is -1.62. The third-order valence-electron chi connectivity index (χ3n) is 3.77. The molecule has 0 radical (unpaired) electrons. The number of nitrogens with zero attached hydrogens (tertiary/aromatic N) is 1. The minimum absolute atomic E-state index is 0.0992. The van der Waals surface area contributed by atoms with E-state index in [1.54, 1.807) is 6.20 Å². The molecule has 1 aromatic rings.